The van der Waals surface area contributed by atoms with E-state index >= 15 is 0 Å². The van der Waals surface area contributed by atoms with Crippen LogP contribution in [0.5, 0.6) is 0 Å². The van der Waals surface area contributed by atoms with E-state index in [4.69, 9.17) is 11.6 Å². The van der Waals surface area contributed by atoms with Gasteiger partial charge in [-0.1, -0.05) is 18.5 Å². The van der Waals surface area contributed by atoms with Crippen LogP contribution < -0.4 is 10.2 Å². The number of halogens is 1. The molecule has 6 heteroatoms. The van der Waals surface area contributed by atoms with Crippen molar-refractivity contribution < 1.29 is 4.79 Å². The molecule has 0 atom stereocenters. The number of aryl methyl sites for hydroxylation is 1. The number of imidazole rings is 1. The Bertz CT molecular complexity index is 884. The smallest absolute Gasteiger partial charge is 0.274 e. The molecule has 1 N–H and O–H groups in total. The van der Waals surface area contributed by atoms with Crippen molar-refractivity contribution in [1.82, 2.24) is 9.38 Å². The number of carbonyl (C=O) groups excluding carboxylic acids is 1. The molecule has 2 aromatic heterocycles. The minimum atomic E-state index is -0.195. The Balaban J connectivity index is 1.94. The molecule has 1 amide bonds. The number of amides is 1. The standard InChI is InChI=1S/C18H19ClN4O/c1-4-15-17(23-11-12(19)5-10-16(23)21-15)18(24)20-13-6-8-14(9-7-13)22(2)3/h5-11H,4H2,1-3H3,(H,20,24). The lowest BCUT2D eigenvalue weighted by Gasteiger charge is -2.13. The number of rotatable bonds is 4. The van der Waals surface area contributed by atoms with Crippen molar-refractivity contribution in [2.45, 2.75) is 13.3 Å². The number of nitrogens with zero attached hydrogens (tertiary/aromatic N) is 3. The monoisotopic (exact) mass is 342 g/mol. The third kappa shape index (κ3) is 3.08. The van der Waals surface area contributed by atoms with Crippen molar-refractivity contribution in [3.05, 3.63) is 59.0 Å². The van der Waals surface area contributed by atoms with E-state index in [1.54, 1.807) is 16.7 Å². The molecule has 3 rings (SSSR count). The minimum Gasteiger partial charge on any atom is -0.378 e. The first-order chi connectivity index (χ1) is 11.5. The molecule has 0 saturated carbocycles. The van der Waals surface area contributed by atoms with Gasteiger partial charge in [0.2, 0.25) is 0 Å². The van der Waals surface area contributed by atoms with Crippen LogP contribution in [0, 0.1) is 0 Å². The first-order valence-electron chi connectivity index (χ1n) is 7.75. The largest absolute Gasteiger partial charge is 0.378 e. The number of hydrogen-bond donors (Lipinski definition) is 1. The maximum atomic E-state index is 12.8. The summed E-state index contributed by atoms with van der Waals surface area (Å²) >= 11 is 6.07. The Morgan fingerprint density at radius 2 is 1.92 bits per heavy atom. The van der Waals surface area contributed by atoms with E-state index in [0.717, 1.165) is 17.1 Å². The second-order valence-corrected chi connectivity index (χ2v) is 6.17. The maximum absolute atomic E-state index is 12.8. The lowest BCUT2D eigenvalue weighted by atomic mass is 10.2. The second-order valence-electron chi connectivity index (χ2n) is 5.73. The van der Waals surface area contributed by atoms with Crippen LogP contribution in [-0.4, -0.2) is 29.4 Å². The van der Waals surface area contributed by atoms with E-state index in [1.807, 2.05) is 56.3 Å². The average Bonchev–Trinajstić information content (AvgIpc) is 2.93. The Morgan fingerprint density at radius 1 is 1.21 bits per heavy atom. The first kappa shape index (κ1) is 16.3. The first-order valence-corrected chi connectivity index (χ1v) is 8.12. The highest BCUT2D eigenvalue weighted by Crippen LogP contribution is 2.20. The van der Waals surface area contributed by atoms with Gasteiger partial charge in [-0.15, -0.1) is 0 Å². The number of nitrogens with one attached hydrogen (secondary N) is 1. The molecule has 0 spiro atoms. The fourth-order valence-electron chi connectivity index (χ4n) is 2.59. The molecule has 124 valence electrons. The van der Waals surface area contributed by atoms with Crippen molar-refractivity contribution in [2.24, 2.45) is 0 Å². The number of hydrogen-bond acceptors (Lipinski definition) is 3. The lowest BCUT2D eigenvalue weighted by Crippen LogP contribution is -2.16. The van der Waals surface area contributed by atoms with Gasteiger partial charge in [-0.3, -0.25) is 9.20 Å². The summed E-state index contributed by atoms with van der Waals surface area (Å²) in [6.45, 7) is 1.98. The van der Waals surface area contributed by atoms with Crippen molar-refractivity contribution in [3.8, 4) is 0 Å². The summed E-state index contributed by atoms with van der Waals surface area (Å²) in [6, 6.07) is 11.3. The number of aromatic nitrogens is 2. The van der Waals surface area contributed by atoms with Gasteiger partial charge in [-0.05, 0) is 42.8 Å². The second kappa shape index (κ2) is 6.53. The topological polar surface area (TPSA) is 49.6 Å². The van der Waals surface area contributed by atoms with Gasteiger partial charge in [-0.2, -0.15) is 0 Å². The molecule has 5 nitrogen and oxygen atoms in total. The minimum absolute atomic E-state index is 0.195. The third-order valence-corrected chi connectivity index (χ3v) is 4.07. The molecular formula is C18H19ClN4O. The Kier molecular flexibility index (Phi) is 4.44. The predicted octanol–water partition coefficient (Wildman–Crippen LogP) is 3.87. The molecule has 24 heavy (non-hydrogen) atoms. The van der Waals surface area contributed by atoms with E-state index in [-0.39, 0.29) is 5.91 Å². The van der Waals surface area contributed by atoms with E-state index in [9.17, 15) is 4.79 Å². The summed E-state index contributed by atoms with van der Waals surface area (Å²) in [5, 5.41) is 3.50. The predicted molar refractivity (Wildman–Crippen MR) is 98.3 cm³/mol. The average molecular weight is 343 g/mol. The van der Waals surface area contributed by atoms with Gasteiger partial charge in [0.25, 0.3) is 5.91 Å². The molecule has 0 saturated heterocycles. The number of carbonyl (C=O) groups is 1. The molecule has 0 fully saturated rings. The molecular weight excluding hydrogens is 324 g/mol. The van der Waals surface area contributed by atoms with Crippen molar-refractivity contribution in [1.29, 1.82) is 0 Å². The van der Waals surface area contributed by atoms with Crippen molar-refractivity contribution in [3.63, 3.8) is 0 Å². The summed E-state index contributed by atoms with van der Waals surface area (Å²) in [6.07, 6.45) is 2.38. The van der Waals surface area contributed by atoms with Crippen molar-refractivity contribution in [2.75, 3.05) is 24.3 Å². The van der Waals surface area contributed by atoms with Gasteiger partial charge in [0.05, 0.1) is 10.7 Å². The zero-order valence-electron chi connectivity index (χ0n) is 13.9. The van der Waals surface area contributed by atoms with E-state index < -0.39 is 0 Å². The van der Waals surface area contributed by atoms with Crippen LogP contribution in [0.4, 0.5) is 11.4 Å². The molecule has 1 aromatic carbocycles. The zero-order valence-corrected chi connectivity index (χ0v) is 14.6. The fourth-order valence-corrected chi connectivity index (χ4v) is 2.75. The van der Waals surface area contributed by atoms with Gasteiger partial charge < -0.3 is 10.2 Å². The van der Waals surface area contributed by atoms with E-state index in [1.165, 1.54) is 0 Å². The number of benzene rings is 1. The quantitative estimate of drug-likeness (QED) is 0.783. The van der Waals surface area contributed by atoms with E-state index in [0.29, 0.717) is 22.8 Å². The number of pyridine rings is 1. The SMILES string of the molecule is CCc1nc2ccc(Cl)cn2c1C(=O)Nc1ccc(N(C)C)cc1. The normalized spacial score (nSPS) is 10.8. The Labute approximate surface area is 145 Å². The lowest BCUT2D eigenvalue weighted by molar-refractivity contribution is 0.102. The van der Waals surface area contributed by atoms with E-state index in [2.05, 4.69) is 10.3 Å². The fraction of sp³-hybridized carbons (Fsp3) is 0.222. The van der Waals surface area contributed by atoms with Gasteiger partial charge in [-0.25, -0.2) is 4.98 Å². The third-order valence-electron chi connectivity index (χ3n) is 3.85. The summed E-state index contributed by atoms with van der Waals surface area (Å²) in [7, 11) is 3.95. The Morgan fingerprint density at radius 3 is 2.54 bits per heavy atom. The summed E-state index contributed by atoms with van der Waals surface area (Å²) < 4.78 is 1.74. The van der Waals surface area contributed by atoms with Crippen LogP contribution in [0.2, 0.25) is 5.02 Å². The van der Waals surface area contributed by atoms with Crippen LogP contribution in [0.25, 0.3) is 5.65 Å². The number of fused-ring (bicyclic) bond motifs is 1. The molecule has 0 radical (unpaired) electrons. The van der Waals surface area contributed by atoms with Crippen LogP contribution in [0.1, 0.15) is 23.1 Å². The summed E-state index contributed by atoms with van der Waals surface area (Å²) in [5.74, 6) is -0.195. The van der Waals surface area contributed by atoms with Gasteiger partial charge in [0.15, 0.2) is 0 Å². The van der Waals surface area contributed by atoms with Gasteiger partial charge in [0, 0.05) is 31.7 Å². The van der Waals surface area contributed by atoms with Crippen LogP contribution >= 0.6 is 11.6 Å². The van der Waals surface area contributed by atoms with Gasteiger partial charge >= 0.3 is 0 Å². The van der Waals surface area contributed by atoms with Crippen LogP contribution in [0.15, 0.2) is 42.6 Å². The van der Waals surface area contributed by atoms with Crippen LogP contribution in [0.3, 0.4) is 0 Å². The van der Waals surface area contributed by atoms with Crippen molar-refractivity contribution >= 4 is 34.5 Å². The maximum Gasteiger partial charge on any atom is 0.274 e. The molecule has 2 heterocycles. The molecule has 3 aromatic rings. The highest BCUT2D eigenvalue weighted by molar-refractivity contribution is 6.30. The molecule has 0 aliphatic rings. The van der Waals surface area contributed by atoms with Crippen LogP contribution in [-0.2, 0) is 6.42 Å². The molecule has 0 unspecified atom stereocenters. The molecule has 0 bridgehead atoms. The summed E-state index contributed by atoms with van der Waals surface area (Å²) in [4.78, 5) is 19.3. The highest BCUT2D eigenvalue weighted by Gasteiger charge is 2.18. The Hall–Kier alpha value is -2.53. The molecule has 0 aliphatic carbocycles. The number of anilines is 2. The highest BCUT2D eigenvalue weighted by atomic mass is 35.5. The summed E-state index contributed by atoms with van der Waals surface area (Å²) in [5.41, 5.74) is 3.80. The zero-order chi connectivity index (χ0) is 17.3. The molecule has 0 aliphatic heterocycles. The van der Waals surface area contributed by atoms with Gasteiger partial charge in [0.1, 0.15) is 11.3 Å².